The number of aromatic nitrogens is 8. The fraction of sp³-hybridized carbons (Fsp3) is 0.205. The summed E-state index contributed by atoms with van der Waals surface area (Å²) in [4.78, 5) is 56.8. The summed E-state index contributed by atoms with van der Waals surface area (Å²) >= 11 is 0. The molecule has 0 saturated carbocycles. The minimum atomic E-state index is -0.833. The number of carboxylic acid groups (broad SMARTS) is 2. The Morgan fingerprint density at radius 2 is 0.430 bits per heavy atom. The Labute approximate surface area is 661 Å². The van der Waals surface area contributed by atoms with Crippen molar-refractivity contribution in [3.05, 3.63) is 241 Å². The number of phenolic OH excluding ortho intramolecular Hbond substituents is 4. The molecule has 6 aromatic carbocycles. The molecule has 14 aromatic rings. The van der Waals surface area contributed by atoms with Crippen LogP contribution in [-0.4, -0.2) is 82.4 Å². The number of fused-ring (bicyclic) bond motifs is 6. The third kappa shape index (κ3) is 18.7. The number of benzene rings is 6. The van der Waals surface area contributed by atoms with Crippen molar-refractivity contribution < 1.29 is 74.4 Å². The van der Waals surface area contributed by atoms with Gasteiger partial charge in [0.2, 0.25) is 0 Å². The first-order chi connectivity index (χ1) is 49.2. The van der Waals surface area contributed by atoms with Crippen molar-refractivity contribution in [1.82, 2.24) is 39.9 Å². The Morgan fingerprint density at radius 3 is 0.579 bits per heavy atom. The number of aliphatic carboxylic acids is 2. The second-order valence-electron chi connectivity index (χ2n) is 29.8. The van der Waals surface area contributed by atoms with Crippen molar-refractivity contribution in [2.75, 3.05) is 0 Å². The molecule has 0 bridgehead atoms. The number of hydrogen-bond donors (Lipinski definition) is 6. The topological polar surface area (TPSA) is 259 Å². The largest absolute Gasteiger partial charge is 0.507 e. The SMILES string of the molecule is CC(=O)O.CC(=O)O.CC(C)(C)c1cc(-c2ccccn2)c(O)c(-c2ccc3ccc4ccc(-c5cc(C(C)(C)C)cc(-c6ccccn6)c5O)nc4c3n2)c1.CC(C)(C)c1cc(-c2ccccn2)c(O)c(-c2ccc3ccc4ccc(-c5cc(C(C)(C)C)cc(-c6ccccn6)c5O)nc4c3n2)c1.I.[Fe].[Fe]. The van der Waals surface area contributed by atoms with Crippen LogP contribution in [0.1, 0.15) is 119 Å². The molecule has 19 heteroatoms. The van der Waals surface area contributed by atoms with Gasteiger partial charge in [-0.05, 0) is 165 Å². The molecule has 16 nitrogen and oxygen atoms in total. The number of nitrogens with zero attached hydrogens (tertiary/aromatic N) is 8. The van der Waals surface area contributed by atoms with Crippen molar-refractivity contribution in [1.29, 1.82) is 0 Å². The van der Waals surface area contributed by atoms with Crippen molar-refractivity contribution in [2.45, 2.75) is 119 Å². The molecule has 0 atom stereocenters. The first-order valence-electron chi connectivity index (χ1n) is 34.2. The second-order valence-corrected chi connectivity index (χ2v) is 29.8. The van der Waals surface area contributed by atoms with Gasteiger partial charge in [0.05, 0.1) is 67.6 Å². The molecule has 0 aliphatic carbocycles. The molecular formula is C88H85Fe2IN8O8. The van der Waals surface area contributed by atoms with E-state index in [1.54, 1.807) is 24.8 Å². The fourth-order valence-electron chi connectivity index (χ4n) is 12.1. The quantitative estimate of drug-likeness (QED) is 0.0469. The first kappa shape index (κ1) is 82.1. The Morgan fingerprint density at radius 1 is 0.271 bits per heavy atom. The zero-order chi connectivity index (χ0) is 74.7. The van der Waals surface area contributed by atoms with E-state index in [1.165, 1.54) is 0 Å². The molecule has 0 amide bonds. The standard InChI is InChI=1S/2C42H38N4O2.2C2H4O2.2Fe.HI/c2*1-41(2,3)27-21-29(33-11-7-9-19-43-33)39(47)31(23-27)35-17-15-25-13-14-26-16-18-36(46-38(26)37(25)45-35)32-24-28(42(4,5)6)22-30(40(32)48)34-12-8-10-20-44-34;2*1-2(3)4;;;/h2*7-24,47-48H,1-6H3;2*1H3,(H,3,4);;;1H. The normalized spacial score (nSPS) is 11.3. The average Bonchev–Trinajstić information content (AvgIpc) is 0.759. The van der Waals surface area contributed by atoms with Crippen molar-refractivity contribution in [3.63, 3.8) is 0 Å². The van der Waals surface area contributed by atoms with Crippen molar-refractivity contribution in [3.8, 4) is 113 Å². The van der Waals surface area contributed by atoms with Crippen molar-refractivity contribution in [2.24, 2.45) is 0 Å². The van der Waals surface area contributed by atoms with Crippen LogP contribution in [0.15, 0.2) is 219 Å². The van der Waals surface area contributed by atoms with Crippen LogP contribution < -0.4 is 0 Å². The predicted octanol–water partition coefficient (Wildman–Crippen LogP) is 21.3. The second kappa shape index (κ2) is 33.5. The number of rotatable bonds is 8. The summed E-state index contributed by atoms with van der Waals surface area (Å²) in [5.74, 6) is -1.14. The molecule has 0 saturated heterocycles. The number of carboxylic acids is 2. The average molecular weight is 1620 g/mol. The van der Waals surface area contributed by atoms with Crippen LogP contribution in [-0.2, 0) is 65.4 Å². The van der Waals surface area contributed by atoms with Gasteiger partial charge in [-0.1, -0.05) is 156 Å². The fourth-order valence-corrected chi connectivity index (χ4v) is 12.1. The van der Waals surface area contributed by atoms with Gasteiger partial charge < -0.3 is 30.6 Å². The van der Waals surface area contributed by atoms with E-state index >= 15 is 0 Å². The van der Waals surface area contributed by atoms with Gasteiger partial charge in [0.15, 0.2) is 0 Å². The minimum Gasteiger partial charge on any atom is -0.507 e. The first-order valence-corrected chi connectivity index (χ1v) is 34.2. The van der Waals surface area contributed by atoms with E-state index < -0.39 is 11.9 Å². The number of phenols is 4. The molecule has 0 radical (unpaired) electrons. The van der Waals surface area contributed by atoms with Gasteiger partial charge in [-0.2, -0.15) is 0 Å². The molecule has 6 N–H and O–H groups in total. The third-order valence-corrected chi connectivity index (χ3v) is 17.8. The Hall–Kier alpha value is -10.5. The van der Waals surface area contributed by atoms with Crippen LogP contribution in [0.25, 0.3) is 134 Å². The zero-order valence-electron chi connectivity index (χ0n) is 62.0. The van der Waals surface area contributed by atoms with E-state index in [-0.39, 0.29) is 103 Å². The molecule has 8 heterocycles. The van der Waals surface area contributed by atoms with Crippen molar-refractivity contribution >= 4 is 79.5 Å². The molecule has 0 fully saturated rings. The maximum Gasteiger partial charge on any atom is 0.300 e. The van der Waals surface area contributed by atoms with E-state index in [9.17, 15) is 20.4 Å². The molecule has 0 unspecified atom stereocenters. The summed E-state index contributed by atoms with van der Waals surface area (Å²) < 4.78 is 0. The Bertz CT molecular complexity index is 4890. The van der Waals surface area contributed by atoms with E-state index in [4.69, 9.17) is 39.7 Å². The number of pyridine rings is 8. The molecule has 548 valence electrons. The number of carbonyl (C=O) groups is 2. The predicted molar refractivity (Wildman–Crippen MR) is 432 cm³/mol. The van der Waals surface area contributed by atoms with E-state index in [0.29, 0.717) is 112 Å². The van der Waals surface area contributed by atoms with Crippen LogP contribution >= 0.6 is 24.0 Å². The molecule has 0 aliphatic rings. The smallest absolute Gasteiger partial charge is 0.300 e. The van der Waals surface area contributed by atoms with E-state index in [2.05, 4.69) is 103 Å². The molecule has 14 rings (SSSR count). The van der Waals surface area contributed by atoms with Gasteiger partial charge >= 0.3 is 0 Å². The van der Waals surface area contributed by atoms with Gasteiger partial charge in [-0.3, -0.25) is 29.5 Å². The van der Waals surface area contributed by atoms with Crippen LogP contribution in [0.4, 0.5) is 0 Å². The van der Waals surface area contributed by atoms with Gasteiger partial charge in [-0.15, -0.1) is 24.0 Å². The summed E-state index contributed by atoms with van der Waals surface area (Å²) in [6.07, 6.45) is 6.93. The summed E-state index contributed by atoms with van der Waals surface area (Å²) in [7, 11) is 0. The number of aromatic hydroxyl groups is 4. The Balaban J connectivity index is 0.000000239. The number of hydrogen-bond acceptors (Lipinski definition) is 14. The third-order valence-electron chi connectivity index (χ3n) is 17.8. The Kier molecular flexibility index (Phi) is 25.7. The van der Waals surface area contributed by atoms with Gasteiger partial charge in [0.25, 0.3) is 11.9 Å². The molecule has 0 spiro atoms. The maximum atomic E-state index is 11.7. The zero-order valence-corrected chi connectivity index (χ0v) is 66.5. The van der Waals surface area contributed by atoms with Crippen LogP contribution in [0.3, 0.4) is 0 Å². The summed E-state index contributed by atoms with van der Waals surface area (Å²) in [6, 6.07) is 62.9. The van der Waals surface area contributed by atoms with Gasteiger partial charge in [0, 0.05) is 139 Å². The van der Waals surface area contributed by atoms with Crippen LogP contribution in [0, 0.1) is 0 Å². The van der Waals surface area contributed by atoms with Gasteiger partial charge in [0.1, 0.15) is 23.0 Å². The van der Waals surface area contributed by atoms with E-state index in [0.717, 1.165) is 57.6 Å². The monoisotopic (exact) mass is 1620 g/mol. The minimum absolute atomic E-state index is 0. The van der Waals surface area contributed by atoms with Crippen LogP contribution in [0.5, 0.6) is 23.0 Å². The van der Waals surface area contributed by atoms with E-state index in [1.807, 2.05) is 194 Å². The summed E-state index contributed by atoms with van der Waals surface area (Å²) in [6.45, 7) is 28.0. The molecule has 107 heavy (non-hydrogen) atoms. The van der Waals surface area contributed by atoms with Gasteiger partial charge in [-0.25, -0.2) is 19.9 Å². The number of halogens is 1. The molecule has 0 aliphatic heterocycles. The summed E-state index contributed by atoms with van der Waals surface area (Å²) in [5.41, 5.74) is 16.9. The summed E-state index contributed by atoms with van der Waals surface area (Å²) in [5, 5.41) is 65.2. The maximum absolute atomic E-state index is 11.7. The molecule has 8 aromatic heterocycles. The molecular weight excluding hydrogens is 1540 g/mol. The van der Waals surface area contributed by atoms with Crippen LogP contribution in [0.2, 0.25) is 0 Å².